The first-order valence-corrected chi connectivity index (χ1v) is 28.3. The van der Waals surface area contributed by atoms with Gasteiger partial charge in [-0.05, 0) is 142 Å². The summed E-state index contributed by atoms with van der Waals surface area (Å²) in [5.41, 5.74) is 10.1. The van der Waals surface area contributed by atoms with Gasteiger partial charge in [0.2, 0.25) is 35.3 Å². The van der Waals surface area contributed by atoms with Crippen LogP contribution in [-0.4, -0.2) is 60.8 Å². The van der Waals surface area contributed by atoms with E-state index < -0.39 is 0 Å². The molecule has 0 aliphatic carbocycles. The van der Waals surface area contributed by atoms with Crippen LogP contribution in [-0.2, 0) is 32.3 Å². The molecule has 0 saturated heterocycles. The van der Waals surface area contributed by atoms with Gasteiger partial charge in [0.1, 0.15) is 11.6 Å². The van der Waals surface area contributed by atoms with E-state index in [0.29, 0.717) is 58.1 Å². The fourth-order valence-electron chi connectivity index (χ4n) is 6.99. The molecule has 3 heterocycles. The number of carbonyl (C=O) groups excluding carboxylic acids is 3. The number of amides is 3. The lowest BCUT2D eigenvalue weighted by Crippen LogP contribution is -2.14. The molecule has 0 aliphatic heterocycles. The largest absolute Gasteiger partial charge is 0.445 e. The van der Waals surface area contributed by atoms with E-state index in [4.69, 9.17) is 20.5 Å². The quantitative estimate of drug-likeness (QED) is 0.0551. The summed E-state index contributed by atoms with van der Waals surface area (Å²) in [6.45, 7) is 15.8. The minimum absolute atomic E-state index is 0.0130. The zero-order valence-electron chi connectivity index (χ0n) is 43.5. The van der Waals surface area contributed by atoms with E-state index in [1.165, 1.54) is 6.07 Å². The Morgan fingerprint density at radius 2 is 1.26 bits per heavy atom. The third-order valence-electron chi connectivity index (χ3n) is 11.3. The van der Waals surface area contributed by atoms with E-state index in [9.17, 15) is 18.8 Å². The van der Waals surface area contributed by atoms with E-state index in [1.54, 1.807) is 72.8 Å². The molecule has 7 aromatic rings. The summed E-state index contributed by atoms with van der Waals surface area (Å²) in [4.78, 5) is 48.9. The second-order valence-corrected chi connectivity index (χ2v) is 21.6. The number of benzene rings is 4. The zero-order chi connectivity index (χ0) is 53.4. The normalized spacial score (nSPS) is 10.8. The van der Waals surface area contributed by atoms with Gasteiger partial charge in [0.25, 0.3) is 0 Å². The summed E-state index contributed by atoms with van der Waals surface area (Å²) in [7, 11) is 0. The van der Waals surface area contributed by atoms with Crippen LogP contribution in [0, 0.1) is 47.4 Å². The number of aromatic nitrogens is 4. The van der Waals surface area contributed by atoms with Crippen molar-refractivity contribution in [1.29, 1.82) is 0 Å². The number of pyridine rings is 1. The van der Waals surface area contributed by atoms with E-state index in [0.717, 1.165) is 104 Å². The van der Waals surface area contributed by atoms with Gasteiger partial charge in [-0.2, -0.15) is 40.3 Å². The average Bonchev–Trinajstić information content (AvgIpc) is 4.06. The van der Waals surface area contributed by atoms with Crippen LogP contribution < -0.4 is 16.0 Å². The van der Waals surface area contributed by atoms with Gasteiger partial charge >= 0.3 is 0 Å². The highest BCUT2D eigenvalue weighted by Crippen LogP contribution is 2.25. The maximum atomic E-state index is 13.7. The van der Waals surface area contributed by atoms with E-state index in [2.05, 4.69) is 49.9 Å². The van der Waals surface area contributed by atoms with Crippen molar-refractivity contribution in [3.63, 3.8) is 0 Å². The Morgan fingerprint density at radius 3 is 1.81 bits per heavy atom. The first kappa shape index (κ1) is 58.9. The molecule has 392 valence electrons. The molecule has 3 amide bonds. The predicted octanol–water partition coefficient (Wildman–Crippen LogP) is 14.5. The molecule has 74 heavy (non-hydrogen) atoms. The smallest absolute Gasteiger partial charge is 0.236 e. The molecule has 0 unspecified atom stereocenters. The molecule has 4 aromatic carbocycles. The molecule has 0 radical (unpaired) electrons. The number of rotatable bonds is 22. The summed E-state index contributed by atoms with van der Waals surface area (Å²) < 4.78 is 24.6. The summed E-state index contributed by atoms with van der Waals surface area (Å²) in [6, 6.07) is 28.3. The van der Waals surface area contributed by atoms with Crippen LogP contribution in [0.15, 0.2) is 112 Å². The Morgan fingerprint density at radius 1 is 0.649 bits per heavy atom. The number of hydrogen-bond donors (Lipinski definition) is 3. The minimum Gasteiger partial charge on any atom is -0.445 e. The summed E-state index contributed by atoms with van der Waals surface area (Å²) in [5.74, 6) is 7.06. The number of para-hydroxylation sites is 2. The van der Waals surface area contributed by atoms with Crippen molar-refractivity contribution in [3.8, 4) is 11.4 Å². The second kappa shape index (κ2) is 31.1. The van der Waals surface area contributed by atoms with E-state index in [-0.39, 0.29) is 23.5 Å². The van der Waals surface area contributed by atoms with Gasteiger partial charge in [0.05, 0.1) is 23.5 Å². The number of oxazole rings is 1. The topological polar surface area (TPSA) is 165 Å². The van der Waals surface area contributed by atoms with Crippen LogP contribution in [0.3, 0.4) is 0 Å². The number of thioether (sulfide) groups is 3. The van der Waals surface area contributed by atoms with Crippen LogP contribution in [0.25, 0.3) is 11.4 Å². The highest BCUT2D eigenvalue weighted by molar-refractivity contribution is 8.00. The Kier molecular flexibility index (Phi) is 24.7. The number of nitrogens with one attached hydrogen (secondary N) is 3. The second-order valence-electron chi connectivity index (χ2n) is 17.9. The summed E-state index contributed by atoms with van der Waals surface area (Å²) in [5, 5.41) is 13.4. The molecule has 7 rings (SSSR count). The van der Waals surface area contributed by atoms with Gasteiger partial charge in [0.15, 0.2) is 0 Å². The van der Waals surface area contributed by atoms with Gasteiger partial charge in [-0.3, -0.25) is 19.4 Å². The van der Waals surface area contributed by atoms with Gasteiger partial charge < -0.3 is 24.9 Å². The number of anilines is 3. The zero-order valence-corrected chi connectivity index (χ0v) is 46.7. The van der Waals surface area contributed by atoms with Crippen molar-refractivity contribution in [2.24, 2.45) is 0 Å². The maximum Gasteiger partial charge on any atom is 0.236 e. The molecule has 17 heteroatoms. The lowest BCUT2D eigenvalue weighted by molar-refractivity contribution is -0.117. The Bertz CT molecular complexity index is 2860. The third kappa shape index (κ3) is 20.4. The molecule has 0 fully saturated rings. The molecule has 0 spiro atoms. The Hall–Kier alpha value is -5.94. The third-order valence-corrected chi connectivity index (χ3v) is 14.7. The molecule has 3 aromatic heterocycles. The van der Waals surface area contributed by atoms with Crippen LogP contribution in [0.5, 0.6) is 0 Å². The standard InChI is InChI=1S/C22H24FN3O2S.C19H26N2O2S.C16H17ClN2OS/c1-14-9-10-17(12-18(14)23)22-25-20(28-26-22)13-29-11-5-8-19(27)24-21-15(2)6-4-7-16(21)3;1-13(2)16-11-20-18(23-16)12-24-10-6-9-17(22)21-19-14(3)7-5-8-15(19)4;1-12-5-6-14(10-15(12)17)19-16(20)11-21-9-7-13-4-2-3-8-18-13/h4,6-7,9-10,12H,5,8,11,13H2,1-3H3,(H,24,27);5,7-8,11,13H,6,9-10,12H2,1-4H3,(H,21,22);2-6,8,10H,7,9,11H2,1H3,(H,19,20). The van der Waals surface area contributed by atoms with Gasteiger partial charge in [-0.1, -0.05) is 91.3 Å². The Balaban J connectivity index is 0.000000209. The summed E-state index contributed by atoms with van der Waals surface area (Å²) in [6.07, 6.45) is 7.05. The monoisotopic (exact) mass is 1080 g/mol. The minimum atomic E-state index is -0.289. The van der Waals surface area contributed by atoms with Crippen molar-refractivity contribution < 1.29 is 27.7 Å². The predicted molar refractivity (Wildman–Crippen MR) is 305 cm³/mol. The number of halogens is 2. The van der Waals surface area contributed by atoms with Crippen LogP contribution >= 0.6 is 46.9 Å². The molecule has 0 atom stereocenters. The van der Waals surface area contributed by atoms with E-state index in [1.807, 2.05) is 101 Å². The van der Waals surface area contributed by atoms with E-state index >= 15 is 0 Å². The van der Waals surface area contributed by atoms with Crippen LogP contribution in [0.2, 0.25) is 5.02 Å². The fourth-order valence-corrected chi connectivity index (χ4v) is 9.51. The van der Waals surface area contributed by atoms with Crippen molar-refractivity contribution in [2.45, 2.75) is 105 Å². The molecule has 3 N–H and O–H groups in total. The number of hydrogen-bond acceptors (Lipinski definition) is 12. The van der Waals surface area contributed by atoms with Crippen molar-refractivity contribution in [2.75, 3.05) is 39.0 Å². The summed E-state index contributed by atoms with van der Waals surface area (Å²) >= 11 is 11.0. The SMILES string of the molecule is Cc1ccc(-c2noc(CSCCCC(=O)Nc3c(C)cccc3C)n2)cc1F.Cc1ccc(NC(=O)CSCCc2ccccn2)cc1Cl.Cc1cccc(C)c1NC(=O)CCCSCc1ncc(C(C)C)o1. The molecule has 0 bridgehead atoms. The highest BCUT2D eigenvalue weighted by atomic mass is 35.5. The van der Waals surface area contributed by atoms with Crippen LogP contribution in [0.1, 0.15) is 102 Å². The average molecular weight is 1080 g/mol. The van der Waals surface area contributed by atoms with Crippen molar-refractivity contribution in [3.05, 3.63) is 171 Å². The Labute approximate surface area is 453 Å². The molecular weight excluding hydrogens is 1010 g/mol. The molecule has 0 aliphatic rings. The van der Waals surface area contributed by atoms with Gasteiger partial charge in [-0.25, -0.2) is 9.37 Å². The van der Waals surface area contributed by atoms with Crippen molar-refractivity contribution >= 4 is 81.7 Å². The lowest BCUT2D eigenvalue weighted by Gasteiger charge is -2.11. The first-order chi connectivity index (χ1) is 35.6. The molecule has 0 saturated carbocycles. The number of carbonyl (C=O) groups is 3. The van der Waals surface area contributed by atoms with Gasteiger partial charge in [0, 0.05) is 58.3 Å². The van der Waals surface area contributed by atoms with Crippen LogP contribution in [0.4, 0.5) is 21.5 Å². The number of aryl methyl sites for hydroxylation is 7. The number of nitrogens with zero attached hydrogens (tertiary/aromatic N) is 4. The van der Waals surface area contributed by atoms with Gasteiger partial charge in [-0.15, -0.1) is 0 Å². The molecule has 12 nitrogen and oxygen atoms in total. The molecular formula is C57H67ClFN7O5S3. The lowest BCUT2D eigenvalue weighted by atomic mass is 10.1. The highest BCUT2D eigenvalue weighted by Gasteiger charge is 2.13. The maximum absolute atomic E-state index is 13.7. The fraction of sp³-hybridized carbons (Fsp3) is 0.351. The van der Waals surface area contributed by atoms with Crippen molar-refractivity contribution in [1.82, 2.24) is 20.1 Å². The first-order valence-electron chi connectivity index (χ1n) is 24.5.